The molecule has 0 fully saturated rings. The summed E-state index contributed by atoms with van der Waals surface area (Å²) in [5.74, 6) is 0.221. The smallest absolute Gasteiger partial charge is 0.339 e. The van der Waals surface area contributed by atoms with Gasteiger partial charge in [0, 0.05) is 4.47 Å². The van der Waals surface area contributed by atoms with Crippen molar-refractivity contribution in [3.63, 3.8) is 0 Å². The van der Waals surface area contributed by atoms with Gasteiger partial charge < -0.3 is 15.7 Å². The zero-order valence-electron chi connectivity index (χ0n) is 9.71. The van der Waals surface area contributed by atoms with E-state index < -0.39 is 10.1 Å². The largest absolute Gasteiger partial charge is 0.397 e. The number of halogens is 1. The van der Waals surface area contributed by atoms with Crippen LogP contribution in [0.15, 0.2) is 51.8 Å². The van der Waals surface area contributed by atoms with E-state index in [1.807, 2.05) is 0 Å². The van der Waals surface area contributed by atoms with E-state index >= 15 is 0 Å². The summed E-state index contributed by atoms with van der Waals surface area (Å²) in [7, 11) is -3.92. The molecule has 0 unspecified atom stereocenters. The van der Waals surface area contributed by atoms with Crippen LogP contribution in [0.1, 0.15) is 0 Å². The Kier molecular flexibility index (Phi) is 3.68. The van der Waals surface area contributed by atoms with Crippen LogP contribution < -0.4 is 15.7 Å². The van der Waals surface area contributed by atoms with E-state index in [2.05, 4.69) is 15.9 Å². The van der Waals surface area contributed by atoms with Crippen LogP contribution in [0.5, 0.6) is 5.75 Å². The maximum Gasteiger partial charge on any atom is 0.339 e. The first-order valence-electron chi connectivity index (χ1n) is 5.23. The van der Waals surface area contributed by atoms with Gasteiger partial charge in [0.2, 0.25) is 0 Å². The second-order valence-corrected chi connectivity index (χ2v) is 6.24. The third-order valence-electron chi connectivity index (χ3n) is 2.37. The first kappa shape index (κ1) is 13.7. The van der Waals surface area contributed by atoms with Gasteiger partial charge in [-0.05, 0) is 42.5 Å². The van der Waals surface area contributed by atoms with Gasteiger partial charge in [-0.1, -0.05) is 15.9 Å². The van der Waals surface area contributed by atoms with Crippen molar-refractivity contribution >= 4 is 37.4 Å². The van der Waals surface area contributed by atoms with E-state index in [0.29, 0.717) is 5.69 Å². The Labute approximate surface area is 119 Å². The van der Waals surface area contributed by atoms with Crippen LogP contribution in [0.2, 0.25) is 0 Å². The summed E-state index contributed by atoms with van der Waals surface area (Å²) in [4.78, 5) is -0.0397. The van der Waals surface area contributed by atoms with Gasteiger partial charge >= 0.3 is 10.1 Å². The molecule has 0 spiro atoms. The molecule has 19 heavy (non-hydrogen) atoms. The predicted molar refractivity (Wildman–Crippen MR) is 77.2 cm³/mol. The van der Waals surface area contributed by atoms with Gasteiger partial charge in [-0.2, -0.15) is 8.42 Å². The molecule has 4 N–H and O–H groups in total. The molecule has 0 bridgehead atoms. The average molecular weight is 343 g/mol. The first-order valence-corrected chi connectivity index (χ1v) is 7.44. The van der Waals surface area contributed by atoms with Gasteiger partial charge in [0.05, 0.1) is 11.4 Å². The van der Waals surface area contributed by atoms with Gasteiger partial charge in [-0.25, -0.2) is 0 Å². The average Bonchev–Trinajstić information content (AvgIpc) is 2.35. The highest BCUT2D eigenvalue weighted by molar-refractivity contribution is 9.10. The Hall–Kier alpha value is -1.73. The maximum atomic E-state index is 12.0. The van der Waals surface area contributed by atoms with Crippen LogP contribution in [0, 0.1) is 0 Å². The lowest BCUT2D eigenvalue weighted by atomic mass is 10.3. The predicted octanol–water partition coefficient (Wildman–Crippen LogP) is 2.38. The van der Waals surface area contributed by atoms with Crippen LogP contribution >= 0.6 is 15.9 Å². The number of rotatable bonds is 3. The zero-order chi connectivity index (χ0) is 14.0. The minimum atomic E-state index is -3.92. The number of hydrogen-bond acceptors (Lipinski definition) is 5. The van der Waals surface area contributed by atoms with Crippen LogP contribution in [-0.4, -0.2) is 8.42 Å². The summed E-state index contributed by atoms with van der Waals surface area (Å²) in [5, 5.41) is 0. The standard InChI is InChI=1S/C12H11BrN2O3S/c13-8-1-3-9(4-2-8)18-19(16,17)10-5-6-11(14)12(15)7-10/h1-7H,14-15H2. The van der Waals surface area contributed by atoms with Gasteiger partial charge in [0.15, 0.2) is 0 Å². The minimum Gasteiger partial charge on any atom is -0.397 e. The van der Waals surface area contributed by atoms with Crippen molar-refractivity contribution in [2.75, 3.05) is 11.5 Å². The maximum absolute atomic E-state index is 12.0. The molecule has 5 nitrogen and oxygen atoms in total. The van der Waals surface area contributed by atoms with E-state index in [9.17, 15) is 8.42 Å². The summed E-state index contributed by atoms with van der Waals surface area (Å²) in [5.41, 5.74) is 11.6. The monoisotopic (exact) mass is 342 g/mol. The first-order chi connectivity index (χ1) is 8.88. The van der Waals surface area contributed by atoms with Gasteiger partial charge in [0.1, 0.15) is 10.6 Å². The molecule has 2 aromatic carbocycles. The van der Waals surface area contributed by atoms with Gasteiger partial charge in [-0.15, -0.1) is 0 Å². The van der Waals surface area contributed by atoms with Crippen molar-refractivity contribution in [1.29, 1.82) is 0 Å². The van der Waals surface area contributed by atoms with Gasteiger partial charge in [0.25, 0.3) is 0 Å². The van der Waals surface area contributed by atoms with Crippen molar-refractivity contribution < 1.29 is 12.6 Å². The third-order valence-corrected chi connectivity index (χ3v) is 4.14. The molecule has 0 saturated carbocycles. The molecule has 2 rings (SSSR count). The number of anilines is 2. The molecule has 0 aliphatic heterocycles. The summed E-state index contributed by atoms with van der Waals surface area (Å²) in [6, 6.07) is 10.5. The third kappa shape index (κ3) is 3.18. The molecular formula is C12H11BrN2O3S. The normalized spacial score (nSPS) is 11.2. The fourth-order valence-electron chi connectivity index (χ4n) is 1.37. The molecule has 0 amide bonds. The van der Waals surface area contributed by atoms with Crippen LogP contribution in [0.4, 0.5) is 11.4 Å². The van der Waals surface area contributed by atoms with E-state index in [0.717, 1.165) is 4.47 Å². The molecule has 0 aromatic heterocycles. The number of nitrogen functional groups attached to an aromatic ring is 2. The number of nitrogens with two attached hydrogens (primary N) is 2. The lowest BCUT2D eigenvalue weighted by Crippen LogP contribution is -2.10. The Morgan fingerprint density at radius 3 is 2.16 bits per heavy atom. The molecule has 7 heteroatoms. The molecule has 2 aromatic rings. The molecule has 0 aliphatic carbocycles. The molecule has 0 aliphatic rings. The van der Waals surface area contributed by atoms with Crippen LogP contribution in [0.3, 0.4) is 0 Å². The van der Waals surface area contributed by atoms with Crippen molar-refractivity contribution in [2.24, 2.45) is 0 Å². The van der Waals surface area contributed by atoms with E-state index in [4.69, 9.17) is 15.7 Å². The fraction of sp³-hybridized carbons (Fsp3) is 0. The fourth-order valence-corrected chi connectivity index (χ4v) is 2.60. The zero-order valence-corrected chi connectivity index (χ0v) is 12.1. The van der Waals surface area contributed by atoms with E-state index in [1.54, 1.807) is 24.3 Å². The second-order valence-electron chi connectivity index (χ2n) is 3.78. The minimum absolute atomic E-state index is 0.0397. The van der Waals surface area contributed by atoms with E-state index in [-0.39, 0.29) is 16.3 Å². The highest BCUT2D eigenvalue weighted by Gasteiger charge is 2.17. The highest BCUT2D eigenvalue weighted by atomic mass is 79.9. The Balaban J connectivity index is 2.32. The number of benzene rings is 2. The molecule has 0 atom stereocenters. The van der Waals surface area contributed by atoms with Crippen molar-refractivity contribution in [2.45, 2.75) is 4.90 Å². The SMILES string of the molecule is Nc1ccc(S(=O)(=O)Oc2ccc(Br)cc2)cc1N. The van der Waals surface area contributed by atoms with Crippen LogP contribution in [-0.2, 0) is 10.1 Å². The Bertz CT molecular complexity index is 699. The quantitative estimate of drug-likeness (QED) is 0.659. The summed E-state index contributed by atoms with van der Waals surface area (Å²) in [6.07, 6.45) is 0. The molecule has 0 radical (unpaired) electrons. The highest BCUT2D eigenvalue weighted by Crippen LogP contribution is 2.24. The Morgan fingerprint density at radius 1 is 0.947 bits per heavy atom. The molecular weight excluding hydrogens is 332 g/mol. The van der Waals surface area contributed by atoms with Gasteiger partial charge in [-0.3, -0.25) is 0 Å². The van der Waals surface area contributed by atoms with Crippen molar-refractivity contribution in [3.8, 4) is 5.75 Å². The second kappa shape index (κ2) is 5.10. The lowest BCUT2D eigenvalue weighted by Gasteiger charge is -2.08. The Morgan fingerprint density at radius 2 is 1.58 bits per heavy atom. The lowest BCUT2D eigenvalue weighted by molar-refractivity contribution is 0.486. The molecule has 0 heterocycles. The summed E-state index contributed by atoms with van der Waals surface area (Å²) >= 11 is 3.25. The topological polar surface area (TPSA) is 95.4 Å². The van der Waals surface area contributed by atoms with Crippen molar-refractivity contribution in [3.05, 3.63) is 46.9 Å². The van der Waals surface area contributed by atoms with Crippen LogP contribution in [0.25, 0.3) is 0 Å². The summed E-state index contributed by atoms with van der Waals surface area (Å²) < 4.78 is 29.9. The van der Waals surface area contributed by atoms with E-state index in [1.165, 1.54) is 18.2 Å². The number of hydrogen-bond donors (Lipinski definition) is 2. The molecule has 100 valence electrons. The van der Waals surface area contributed by atoms with Crippen molar-refractivity contribution in [1.82, 2.24) is 0 Å². The molecule has 0 saturated heterocycles. The summed E-state index contributed by atoms with van der Waals surface area (Å²) in [6.45, 7) is 0.